The number of nitrogens with zero attached hydrogens (tertiary/aromatic N) is 2. The van der Waals surface area contributed by atoms with Gasteiger partial charge in [-0.05, 0) is 24.0 Å². The number of aliphatic hydroxyl groups excluding tert-OH is 1. The molecule has 2 aromatic rings. The maximum absolute atomic E-state index is 10.5. The molecule has 0 saturated heterocycles. The van der Waals surface area contributed by atoms with Gasteiger partial charge in [-0.15, -0.1) is 0 Å². The minimum atomic E-state index is -0.447. The predicted octanol–water partition coefficient (Wildman–Crippen LogP) is 3.63. The second-order valence-corrected chi connectivity index (χ2v) is 7.79. The van der Waals surface area contributed by atoms with Crippen molar-refractivity contribution in [2.24, 2.45) is 11.8 Å². The third-order valence-corrected chi connectivity index (χ3v) is 4.16. The monoisotopic (exact) mass is 359 g/mol. The standard InChI is InChI=1S/C21H33N3O2/c1-15(2)12-24(13-16(3)4)14-18(25)11-23-20-10-19(26-5)9-17-7-6-8-22-21(17)20/h6-10,15-16,18,23,25H,11-14H2,1-5H3/t18-/m1/s1. The van der Waals surface area contributed by atoms with Crippen LogP contribution in [-0.4, -0.2) is 54.4 Å². The lowest BCUT2D eigenvalue weighted by Crippen LogP contribution is -2.40. The number of methoxy groups -OCH3 is 1. The molecule has 0 aliphatic rings. The number of hydrogen-bond donors (Lipinski definition) is 2. The fraction of sp³-hybridized carbons (Fsp3) is 0.571. The number of pyridine rings is 1. The summed E-state index contributed by atoms with van der Waals surface area (Å²) >= 11 is 0. The molecule has 26 heavy (non-hydrogen) atoms. The Bertz CT molecular complexity index is 678. The highest BCUT2D eigenvalue weighted by molar-refractivity contribution is 5.91. The van der Waals surface area contributed by atoms with Crippen LogP contribution in [0.15, 0.2) is 30.5 Å². The van der Waals surface area contributed by atoms with Crippen LogP contribution in [0.4, 0.5) is 5.69 Å². The van der Waals surface area contributed by atoms with Crippen molar-refractivity contribution in [1.82, 2.24) is 9.88 Å². The lowest BCUT2D eigenvalue weighted by Gasteiger charge is -2.28. The van der Waals surface area contributed by atoms with Crippen LogP contribution in [0.2, 0.25) is 0 Å². The lowest BCUT2D eigenvalue weighted by molar-refractivity contribution is 0.107. The Balaban J connectivity index is 2.04. The van der Waals surface area contributed by atoms with Gasteiger partial charge in [-0.1, -0.05) is 33.8 Å². The third kappa shape index (κ3) is 6.15. The molecular weight excluding hydrogens is 326 g/mol. The fourth-order valence-corrected chi connectivity index (χ4v) is 3.26. The van der Waals surface area contributed by atoms with Gasteiger partial charge in [0, 0.05) is 43.8 Å². The number of hydrogen-bond acceptors (Lipinski definition) is 5. The molecule has 0 amide bonds. The number of rotatable bonds is 10. The zero-order valence-electron chi connectivity index (χ0n) is 16.7. The van der Waals surface area contributed by atoms with Crippen LogP contribution in [0, 0.1) is 11.8 Å². The summed E-state index contributed by atoms with van der Waals surface area (Å²) in [7, 11) is 1.66. The Morgan fingerprint density at radius 1 is 1.12 bits per heavy atom. The van der Waals surface area contributed by atoms with E-state index < -0.39 is 6.10 Å². The molecule has 144 valence electrons. The quantitative estimate of drug-likeness (QED) is 0.678. The van der Waals surface area contributed by atoms with Crippen molar-refractivity contribution in [3.8, 4) is 5.75 Å². The summed E-state index contributed by atoms with van der Waals surface area (Å²) in [5.74, 6) is 1.95. The second kappa shape index (κ2) is 9.74. The van der Waals surface area contributed by atoms with Crippen molar-refractivity contribution < 1.29 is 9.84 Å². The Hall–Kier alpha value is -1.85. The van der Waals surface area contributed by atoms with Gasteiger partial charge in [-0.25, -0.2) is 0 Å². The van der Waals surface area contributed by atoms with Gasteiger partial charge in [-0.2, -0.15) is 0 Å². The van der Waals surface area contributed by atoms with Gasteiger partial charge in [0.15, 0.2) is 0 Å². The summed E-state index contributed by atoms with van der Waals surface area (Å²) < 4.78 is 5.38. The smallest absolute Gasteiger partial charge is 0.121 e. The second-order valence-electron chi connectivity index (χ2n) is 7.79. The van der Waals surface area contributed by atoms with E-state index in [4.69, 9.17) is 4.74 Å². The molecule has 0 fully saturated rings. The van der Waals surface area contributed by atoms with Gasteiger partial charge in [0.2, 0.25) is 0 Å². The van der Waals surface area contributed by atoms with Gasteiger partial charge >= 0.3 is 0 Å². The van der Waals surface area contributed by atoms with E-state index in [0.29, 0.717) is 24.9 Å². The van der Waals surface area contributed by atoms with Crippen LogP contribution in [0.25, 0.3) is 10.9 Å². The molecular formula is C21H33N3O2. The SMILES string of the molecule is COc1cc(NC[C@@H](O)CN(CC(C)C)CC(C)C)c2ncccc2c1. The van der Waals surface area contributed by atoms with Crippen LogP contribution in [0.5, 0.6) is 5.75 Å². The molecule has 0 aliphatic carbocycles. The predicted molar refractivity (Wildman–Crippen MR) is 109 cm³/mol. The Morgan fingerprint density at radius 2 is 1.81 bits per heavy atom. The highest BCUT2D eigenvalue weighted by Crippen LogP contribution is 2.27. The molecule has 5 nitrogen and oxygen atoms in total. The summed E-state index contributed by atoms with van der Waals surface area (Å²) in [6.07, 6.45) is 1.33. The highest BCUT2D eigenvalue weighted by Gasteiger charge is 2.15. The van der Waals surface area contributed by atoms with E-state index in [9.17, 15) is 5.11 Å². The van der Waals surface area contributed by atoms with Crippen molar-refractivity contribution in [3.05, 3.63) is 30.5 Å². The molecule has 1 heterocycles. The minimum absolute atomic E-state index is 0.447. The van der Waals surface area contributed by atoms with Crippen molar-refractivity contribution in [2.75, 3.05) is 38.6 Å². The van der Waals surface area contributed by atoms with E-state index in [1.807, 2.05) is 24.3 Å². The summed E-state index contributed by atoms with van der Waals surface area (Å²) in [4.78, 5) is 6.81. The Labute approximate surface area is 157 Å². The van der Waals surface area contributed by atoms with E-state index in [2.05, 4.69) is 42.9 Å². The summed E-state index contributed by atoms with van der Waals surface area (Å²) in [5.41, 5.74) is 1.78. The number of anilines is 1. The van der Waals surface area contributed by atoms with Crippen molar-refractivity contribution >= 4 is 16.6 Å². The fourth-order valence-electron chi connectivity index (χ4n) is 3.26. The number of fused-ring (bicyclic) bond motifs is 1. The number of ether oxygens (including phenoxy) is 1. The van der Waals surface area contributed by atoms with Crippen LogP contribution in [-0.2, 0) is 0 Å². The molecule has 0 bridgehead atoms. The average Bonchev–Trinajstić information content (AvgIpc) is 2.58. The molecule has 0 radical (unpaired) electrons. The molecule has 1 aromatic carbocycles. The average molecular weight is 360 g/mol. The zero-order valence-corrected chi connectivity index (χ0v) is 16.7. The van der Waals surface area contributed by atoms with Crippen molar-refractivity contribution in [3.63, 3.8) is 0 Å². The molecule has 0 unspecified atom stereocenters. The van der Waals surface area contributed by atoms with E-state index >= 15 is 0 Å². The highest BCUT2D eigenvalue weighted by atomic mass is 16.5. The maximum Gasteiger partial charge on any atom is 0.121 e. The van der Waals surface area contributed by atoms with E-state index in [0.717, 1.165) is 35.4 Å². The van der Waals surface area contributed by atoms with Crippen molar-refractivity contribution in [2.45, 2.75) is 33.8 Å². The van der Waals surface area contributed by atoms with Crippen molar-refractivity contribution in [1.29, 1.82) is 0 Å². The maximum atomic E-state index is 10.5. The molecule has 2 rings (SSSR count). The molecule has 0 spiro atoms. The third-order valence-electron chi connectivity index (χ3n) is 4.16. The van der Waals surface area contributed by atoms with E-state index in [-0.39, 0.29) is 0 Å². The van der Waals surface area contributed by atoms with Crippen LogP contribution in [0.3, 0.4) is 0 Å². The molecule has 5 heteroatoms. The zero-order chi connectivity index (χ0) is 19.1. The first-order valence-electron chi connectivity index (χ1n) is 9.46. The van der Waals surface area contributed by atoms with E-state index in [1.54, 1.807) is 13.3 Å². The number of benzene rings is 1. The van der Waals surface area contributed by atoms with Gasteiger partial charge in [0.25, 0.3) is 0 Å². The lowest BCUT2D eigenvalue weighted by atomic mass is 10.1. The topological polar surface area (TPSA) is 57.6 Å². The largest absolute Gasteiger partial charge is 0.497 e. The van der Waals surface area contributed by atoms with Crippen LogP contribution >= 0.6 is 0 Å². The molecule has 1 aromatic heterocycles. The van der Waals surface area contributed by atoms with Gasteiger partial charge in [-0.3, -0.25) is 4.98 Å². The minimum Gasteiger partial charge on any atom is -0.497 e. The number of nitrogens with one attached hydrogen (secondary N) is 1. The summed E-state index contributed by atoms with van der Waals surface area (Å²) in [6, 6.07) is 7.83. The van der Waals surface area contributed by atoms with Crippen LogP contribution in [0.1, 0.15) is 27.7 Å². The first-order valence-corrected chi connectivity index (χ1v) is 9.46. The Kier molecular flexibility index (Phi) is 7.66. The van der Waals surface area contributed by atoms with Gasteiger partial charge in [0.05, 0.1) is 24.4 Å². The normalized spacial score (nSPS) is 13.0. The molecule has 1 atom stereocenters. The summed E-state index contributed by atoms with van der Waals surface area (Å²) in [5, 5.41) is 14.9. The molecule has 2 N–H and O–H groups in total. The molecule has 0 saturated carbocycles. The van der Waals surface area contributed by atoms with Crippen LogP contribution < -0.4 is 10.1 Å². The Morgan fingerprint density at radius 3 is 2.42 bits per heavy atom. The number of aromatic nitrogens is 1. The first kappa shape index (κ1) is 20.5. The van der Waals surface area contributed by atoms with E-state index in [1.165, 1.54) is 0 Å². The first-order chi connectivity index (χ1) is 12.4. The number of aliphatic hydroxyl groups is 1. The summed E-state index contributed by atoms with van der Waals surface area (Å²) in [6.45, 7) is 12.0. The van der Waals surface area contributed by atoms with Gasteiger partial charge < -0.3 is 20.1 Å². The molecule has 0 aliphatic heterocycles. The van der Waals surface area contributed by atoms with Gasteiger partial charge in [0.1, 0.15) is 5.75 Å².